The fourth-order valence-corrected chi connectivity index (χ4v) is 2.45. The van der Waals surface area contributed by atoms with Crippen LogP contribution in [-0.2, 0) is 6.42 Å². The highest BCUT2D eigenvalue weighted by Gasteiger charge is 2.32. The van der Waals surface area contributed by atoms with Crippen LogP contribution in [0.2, 0.25) is 0 Å². The van der Waals surface area contributed by atoms with Gasteiger partial charge >= 0.3 is 12.1 Å². The summed E-state index contributed by atoms with van der Waals surface area (Å²) in [5.41, 5.74) is 0.993. The molecule has 114 valence electrons. The minimum absolute atomic E-state index is 0.0678. The van der Waals surface area contributed by atoms with Gasteiger partial charge in [0.2, 0.25) is 0 Å². The van der Waals surface area contributed by atoms with Crippen LogP contribution in [0.25, 0.3) is 11.0 Å². The molecule has 1 unspecified atom stereocenters. The molecule has 0 spiro atoms. The number of aromatic nitrogens is 2. The Bertz CT molecular complexity index is 677. The summed E-state index contributed by atoms with van der Waals surface area (Å²) in [6, 6.07) is 3.48. The van der Waals surface area contributed by atoms with Crippen molar-refractivity contribution in [3.05, 3.63) is 29.6 Å². The van der Waals surface area contributed by atoms with E-state index in [9.17, 15) is 18.0 Å². The number of rotatable bonds is 4. The monoisotopic (exact) mass is 300 g/mol. The average molecular weight is 300 g/mol. The standard InChI is InChI=1S/C14H15F3N2O2/c1-3-12-18-10-6-9(13(20)21)4-5-11(10)19(12)8(2)7-14(15,16)17/h4-6,8H,3,7H2,1-2H3,(H,20,21). The first kappa shape index (κ1) is 15.3. The first-order valence-corrected chi connectivity index (χ1v) is 6.54. The van der Waals surface area contributed by atoms with Crippen LogP contribution < -0.4 is 0 Å². The molecule has 2 rings (SSSR count). The van der Waals surface area contributed by atoms with Crippen LogP contribution in [0.15, 0.2) is 18.2 Å². The molecule has 1 atom stereocenters. The van der Waals surface area contributed by atoms with Crippen LogP contribution in [0.5, 0.6) is 0 Å². The maximum atomic E-state index is 12.6. The van der Waals surface area contributed by atoms with Crippen LogP contribution in [0.1, 0.15) is 42.5 Å². The minimum Gasteiger partial charge on any atom is -0.478 e. The lowest BCUT2D eigenvalue weighted by Crippen LogP contribution is -2.18. The van der Waals surface area contributed by atoms with Gasteiger partial charge in [0, 0.05) is 12.5 Å². The third-order valence-corrected chi connectivity index (χ3v) is 3.29. The maximum absolute atomic E-state index is 12.6. The molecule has 0 saturated heterocycles. The van der Waals surface area contributed by atoms with Gasteiger partial charge in [0.05, 0.1) is 23.0 Å². The molecule has 2 aromatic rings. The molecule has 1 aromatic carbocycles. The molecule has 7 heteroatoms. The van der Waals surface area contributed by atoms with Gasteiger partial charge < -0.3 is 9.67 Å². The lowest BCUT2D eigenvalue weighted by Gasteiger charge is -2.18. The Labute approximate surface area is 119 Å². The topological polar surface area (TPSA) is 55.1 Å². The second-order valence-corrected chi connectivity index (χ2v) is 4.93. The number of fused-ring (bicyclic) bond motifs is 1. The predicted molar refractivity (Wildman–Crippen MR) is 71.5 cm³/mol. The number of aryl methyl sites for hydroxylation is 1. The first-order valence-electron chi connectivity index (χ1n) is 6.54. The molecule has 0 bridgehead atoms. The number of imidazole rings is 1. The quantitative estimate of drug-likeness (QED) is 0.934. The van der Waals surface area contributed by atoms with Crippen LogP contribution in [-0.4, -0.2) is 26.8 Å². The van der Waals surface area contributed by atoms with E-state index in [-0.39, 0.29) is 5.56 Å². The molecular weight excluding hydrogens is 285 g/mol. The summed E-state index contributed by atoms with van der Waals surface area (Å²) in [6.07, 6.45) is -4.74. The van der Waals surface area contributed by atoms with E-state index in [1.165, 1.54) is 29.7 Å². The number of alkyl halides is 3. The number of nitrogens with zero attached hydrogens (tertiary/aromatic N) is 2. The minimum atomic E-state index is -4.26. The van der Waals surface area contributed by atoms with Gasteiger partial charge in [0.15, 0.2) is 0 Å². The smallest absolute Gasteiger partial charge is 0.391 e. The van der Waals surface area contributed by atoms with Crippen molar-refractivity contribution in [1.29, 1.82) is 0 Å². The van der Waals surface area contributed by atoms with Crippen LogP contribution >= 0.6 is 0 Å². The molecule has 1 N–H and O–H groups in total. The Balaban J connectivity index is 2.54. The van der Waals surface area contributed by atoms with Crippen molar-refractivity contribution in [1.82, 2.24) is 9.55 Å². The van der Waals surface area contributed by atoms with Gasteiger partial charge in [-0.1, -0.05) is 6.92 Å². The maximum Gasteiger partial charge on any atom is 0.391 e. The predicted octanol–water partition coefficient (Wildman–Crippen LogP) is 3.81. The zero-order chi connectivity index (χ0) is 15.8. The number of hydrogen-bond acceptors (Lipinski definition) is 2. The third-order valence-electron chi connectivity index (χ3n) is 3.29. The molecule has 1 aromatic heterocycles. The fraction of sp³-hybridized carbons (Fsp3) is 0.429. The molecule has 0 aliphatic carbocycles. The fourth-order valence-electron chi connectivity index (χ4n) is 2.45. The number of carboxylic acid groups (broad SMARTS) is 1. The highest BCUT2D eigenvalue weighted by atomic mass is 19.4. The van der Waals surface area contributed by atoms with Gasteiger partial charge in [0.1, 0.15) is 5.82 Å². The number of aromatic carboxylic acids is 1. The van der Waals surface area contributed by atoms with Crippen molar-refractivity contribution in [3.63, 3.8) is 0 Å². The van der Waals surface area contributed by atoms with Gasteiger partial charge in [-0.25, -0.2) is 9.78 Å². The SMILES string of the molecule is CCc1nc2cc(C(=O)O)ccc2n1C(C)CC(F)(F)F. The van der Waals surface area contributed by atoms with Gasteiger partial charge in [-0.3, -0.25) is 0 Å². The number of benzene rings is 1. The first-order chi connectivity index (χ1) is 9.73. The van der Waals surface area contributed by atoms with Crippen LogP contribution in [0, 0.1) is 0 Å². The summed E-state index contributed by atoms with van der Waals surface area (Å²) in [5, 5.41) is 8.96. The third kappa shape index (κ3) is 3.17. The molecule has 0 fully saturated rings. The van der Waals surface area contributed by atoms with Crippen molar-refractivity contribution in [2.24, 2.45) is 0 Å². The van der Waals surface area contributed by atoms with Crippen molar-refractivity contribution in [3.8, 4) is 0 Å². The van der Waals surface area contributed by atoms with E-state index in [2.05, 4.69) is 4.98 Å². The van der Waals surface area contributed by atoms with E-state index in [1.807, 2.05) is 0 Å². The lowest BCUT2D eigenvalue weighted by atomic mass is 10.1. The molecule has 0 aliphatic rings. The van der Waals surface area contributed by atoms with Crippen molar-refractivity contribution < 1.29 is 23.1 Å². The van der Waals surface area contributed by atoms with E-state index in [1.54, 1.807) is 6.92 Å². The molecule has 4 nitrogen and oxygen atoms in total. The molecule has 0 aliphatic heterocycles. The van der Waals surface area contributed by atoms with Crippen LogP contribution in [0.4, 0.5) is 13.2 Å². The van der Waals surface area contributed by atoms with Gasteiger partial charge in [0.25, 0.3) is 0 Å². The van der Waals surface area contributed by atoms with E-state index in [0.29, 0.717) is 23.3 Å². The van der Waals surface area contributed by atoms with Gasteiger partial charge in [-0.05, 0) is 25.1 Å². The Kier molecular flexibility index (Phi) is 3.93. The summed E-state index contributed by atoms with van der Waals surface area (Å²) >= 11 is 0. The highest BCUT2D eigenvalue weighted by molar-refractivity contribution is 5.92. The second kappa shape index (κ2) is 5.38. The molecule has 1 heterocycles. The molecule has 0 saturated carbocycles. The van der Waals surface area contributed by atoms with E-state index >= 15 is 0 Å². The number of carboxylic acids is 1. The van der Waals surface area contributed by atoms with Gasteiger partial charge in [-0.15, -0.1) is 0 Å². The molecule has 0 radical (unpaired) electrons. The molecule has 0 amide bonds. The summed E-state index contributed by atoms with van der Waals surface area (Å²) in [5.74, 6) is -0.572. The van der Waals surface area contributed by atoms with Crippen LogP contribution in [0.3, 0.4) is 0 Å². The Hall–Kier alpha value is -2.05. The Morgan fingerprint density at radius 3 is 2.62 bits per heavy atom. The largest absolute Gasteiger partial charge is 0.478 e. The zero-order valence-corrected chi connectivity index (χ0v) is 11.6. The Morgan fingerprint density at radius 1 is 1.43 bits per heavy atom. The van der Waals surface area contributed by atoms with Gasteiger partial charge in [-0.2, -0.15) is 13.2 Å². The van der Waals surface area contributed by atoms with Crippen molar-refractivity contribution >= 4 is 17.0 Å². The summed E-state index contributed by atoms with van der Waals surface area (Å²) in [6.45, 7) is 3.29. The average Bonchev–Trinajstić information content (AvgIpc) is 2.73. The van der Waals surface area contributed by atoms with Crippen molar-refractivity contribution in [2.75, 3.05) is 0 Å². The zero-order valence-electron chi connectivity index (χ0n) is 11.6. The summed E-state index contributed by atoms with van der Waals surface area (Å²) < 4.78 is 39.3. The summed E-state index contributed by atoms with van der Waals surface area (Å²) in [7, 11) is 0. The summed E-state index contributed by atoms with van der Waals surface area (Å²) in [4.78, 5) is 15.2. The second-order valence-electron chi connectivity index (χ2n) is 4.93. The lowest BCUT2D eigenvalue weighted by molar-refractivity contribution is -0.141. The number of hydrogen-bond donors (Lipinski definition) is 1. The molecule has 21 heavy (non-hydrogen) atoms. The highest BCUT2D eigenvalue weighted by Crippen LogP contribution is 2.31. The number of halogens is 3. The van der Waals surface area contributed by atoms with E-state index < -0.39 is 24.6 Å². The number of carbonyl (C=O) groups is 1. The Morgan fingerprint density at radius 2 is 2.10 bits per heavy atom. The van der Waals surface area contributed by atoms with E-state index in [0.717, 1.165) is 0 Å². The molecular formula is C14H15F3N2O2. The normalized spacial score (nSPS) is 13.6. The van der Waals surface area contributed by atoms with Crippen molar-refractivity contribution in [2.45, 2.75) is 38.9 Å². The van der Waals surface area contributed by atoms with E-state index in [4.69, 9.17) is 5.11 Å².